The number of rotatable bonds is 3. The number of aliphatic hydroxyl groups excluding tert-OH is 1. The van der Waals surface area contributed by atoms with E-state index in [0.717, 1.165) is 21.9 Å². The minimum atomic E-state index is -0.610. The van der Waals surface area contributed by atoms with Gasteiger partial charge in [-0.1, -0.05) is 29.3 Å². The van der Waals surface area contributed by atoms with Crippen molar-refractivity contribution in [3.8, 4) is 0 Å². The first-order valence-corrected chi connectivity index (χ1v) is 8.44. The van der Waals surface area contributed by atoms with Crippen LogP contribution in [0.2, 0.25) is 10.0 Å². The van der Waals surface area contributed by atoms with Crippen LogP contribution in [0.1, 0.15) is 30.4 Å². The van der Waals surface area contributed by atoms with E-state index in [4.69, 9.17) is 27.9 Å². The lowest BCUT2D eigenvalue weighted by Gasteiger charge is -2.26. The van der Waals surface area contributed by atoms with E-state index in [9.17, 15) is 9.90 Å². The van der Waals surface area contributed by atoms with Crippen molar-refractivity contribution in [3.05, 3.63) is 45.4 Å². The highest BCUT2D eigenvalue weighted by atomic mass is 35.5. The number of hydrogen-bond acceptors (Lipinski definition) is 3. The monoisotopic (exact) mass is 352 g/mol. The third kappa shape index (κ3) is 3.63. The van der Waals surface area contributed by atoms with E-state index in [0.29, 0.717) is 29.3 Å². The van der Waals surface area contributed by atoms with Gasteiger partial charge in [-0.25, -0.2) is 0 Å². The van der Waals surface area contributed by atoms with Gasteiger partial charge < -0.3 is 9.84 Å². The molecule has 0 aromatic heterocycles. The average molecular weight is 353 g/mol. The Morgan fingerprint density at radius 2 is 2.04 bits per heavy atom. The zero-order valence-corrected chi connectivity index (χ0v) is 14.3. The van der Waals surface area contributed by atoms with Gasteiger partial charge in [-0.2, -0.15) is 0 Å². The van der Waals surface area contributed by atoms with Crippen LogP contribution in [0.25, 0.3) is 10.8 Å². The van der Waals surface area contributed by atoms with Crippen LogP contribution in [-0.2, 0) is 16.0 Å². The van der Waals surface area contributed by atoms with Crippen LogP contribution in [0, 0.1) is 6.92 Å². The lowest BCUT2D eigenvalue weighted by Crippen LogP contribution is -2.32. The molecule has 1 N–H and O–H groups in total. The Balaban J connectivity index is 1.88. The highest BCUT2D eigenvalue weighted by Crippen LogP contribution is 2.33. The lowest BCUT2D eigenvalue weighted by molar-refractivity contribution is -0.160. The number of benzene rings is 2. The Labute approximate surface area is 145 Å². The van der Waals surface area contributed by atoms with Crippen molar-refractivity contribution in [3.63, 3.8) is 0 Å². The fourth-order valence-corrected chi connectivity index (χ4v) is 3.72. The molecule has 0 saturated carbocycles. The van der Waals surface area contributed by atoms with E-state index in [2.05, 4.69) is 0 Å². The van der Waals surface area contributed by atoms with Gasteiger partial charge in [0.15, 0.2) is 0 Å². The number of aryl methyl sites for hydroxylation is 2. The summed E-state index contributed by atoms with van der Waals surface area (Å²) in [6.07, 6.45) is 0.987. The molecule has 0 amide bonds. The van der Waals surface area contributed by atoms with E-state index < -0.39 is 6.10 Å². The first kappa shape index (κ1) is 16.6. The second-order valence-electron chi connectivity index (χ2n) is 6.09. The molecule has 2 aromatic carbocycles. The molecule has 1 aliphatic heterocycles. The number of ether oxygens (including phenoxy) is 1. The van der Waals surface area contributed by atoms with Crippen molar-refractivity contribution in [2.45, 2.75) is 44.8 Å². The fraction of sp³-hybridized carbons (Fsp3) is 0.389. The van der Waals surface area contributed by atoms with Crippen LogP contribution >= 0.6 is 23.2 Å². The molecule has 0 radical (unpaired) electrons. The maximum absolute atomic E-state index is 11.4. The number of carbonyl (C=O) groups is 1. The summed E-state index contributed by atoms with van der Waals surface area (Å²) >= 11 is 12.6. The van der Waals surface area contributed by atoms with Crippen LogP contribution in [0.5, 0.6) is 0 Å². The molecular formula is C18H18Cl2O3. The molecule has 1 fully saturated rings. The maximum Gasteiger partial charge on any atom is 0.308 e. The summed E-state index contributed by atoms with van der Waals surface area (Å²) in [6, 6.07) is 7.74. The number of hydrogen-bond donors (Lipinski definition) is 1. The number of aliphatic hydroxyl groups is 1. The van der Waals surface area contributed by atoms with Gasteiger partial charge in [0.05, 0.1) is 12.5 Å². The van der Waals surface area contributed by atoms with Gasteiger partial charge in [0.2, 0.25) is 0 Å². The van der Waals surface area contributed by atoms with E-state index in [-0.39, 0.29) is 18.5 Å². The van der Waals surface area contributed by atoms with Crippen molar-refractivity contribution in [1.29, 1.82) is 0 Å². The Morgan fingerprint density at radius 1 is 1.26 bits per heavy atom. The molecule has 3 rings (SSSR count). The Morgan fingerprint density at radius 3 is 2.78 bits per heavy atom. The fourth-order valence-electron chi connectivity index (χ4n) is 3.19. The molecule has 2 atom stereocenters. The molecule has 23 heavy (non-hydrogen) atoms. The van der Waals surface area contributed by atoms with Crippen molar-refractivity contribution in [2.24, 2.45) is 0 Å². The summed E-state index contributed by atoms with van der Waals surface area (Å²) in [5.74, 6) is -0.336. The van der Waals surface area contributed by atoms with Gasteiger partial charge in [0.1, 0.15) is 6.10 Å². The van der Waals surface area contributed by atoms with Crippen molar-refractivity contribution in [2.75, 3.05) is 0 Å². The van der Waals surface area contributed by atoms with Gasteiger partial charge in [-0.3, -0.25) is 4.79 Å². The van der Waals surface area contributed by atoms with E-state index in [1.54, 1.807) is 0 Å². The molecule has 0 bridgehead atoms. The predicted octanol–water partition coefficient (Wildman–Crippen LogP) is 4.45. The summed E-state index contributed by atoms with van der Waals surface area (Å²) in [5, 5.41) is 13.2. The Hall–Kier alpha value is -1.29. The zero-order chi connectivity index (χ0) is 16.6. The molecule has 3 nitrogen and oxygen atoms in total. The lowest BCUT2D eigenvalue weighted by atomic mass is 9.94. The number of carbonyl (C=O) groups excluding carboxylic acids is 1. The maximum atomic E-state index is 11.4. The Kier molecular flexibility index (Phi) is 4.81. The molecule has 2 unspecified atom stereocenters. The Bertz CT molecular complexity index is 758. The highest BCUT2D eigenvalue weighted by Gasteiger charge is 2.27. The summed E-state index contributed by atoms with van der Waals surface area (Å²) < 4.78 is 5.31. The molecule has 0 aliphatic carbocycles. The first-order chi connectivity index (χ1) is 10.9. The molecule has 1 heterocycles. The second-order valence-corrected chi connectivity index (χ2v) is 6.93. The normalized spacial score (nSPS) is 21.5. The SMILES string of the molecule is Cc1cc(Cl)c(CCC2CC(O)CC(=O)O2)c2cc(Cl)ccc12. The molecule has 1 aliphatic rings. The van der Waals surface area contributed by atoms with E-state index in [1.807, 2.05) is 31.2 Å². The summed E-state index contributed by atoms with van der Waals surface area (Å²) in [6.45, 7) is 2.02. The van der Waals surface area contributed by atoms with Crippen molar-refractivity contribution in [1.82, 2.24) is 0 Å². The van der Waals surface area contributed by atoms with Gasteiger partial charge in [-0.05, 0) is 59.9 Å². The highest BCUT2D eigenvalue weighted by molar-refractivity contribution is 6.33. The topological polar surface area (TPSA) is 46.5 Å². The van der Waals surface area contributed by atoms with Gasteiger partial charge in [0.25, 0.3) is 0 Å². The first-order valence-electron chi connectivity index (χ1n) is 7.69. The molecule has 0 spiro atoms. The van der Waals surface area contributed by atoms with Gasteiger partial charge in [0, 0.05) is 16.5 Å². The van der Waals surface area contributed by atoms with Crippen LogP contribution in [0.3, 0.4) is 0 Å². The molecule has 2 aromatic rings. The number of cyclic esters (lactones) is 1. The molecule has 1 saturated heterocycles. The smallest absolute Gasteiger partial charge is 0.308 e. The van der Waals surface area contributed by atoms with E-state index in [1.165, 1.54) is 0 Å². The second kappa shape index (κ2) is 6.68. The standard InChI is InChI=1S/C18H18Cl2O3/c1-10-6-17(20)15(16-7-11(19)2-4-14(10)16)5-3-13-8-12(21)9-18(22)23-13/h2,4,6-7,12-13,21H,3,5,8-9H2,1H3. The summed E-state index contributed by atoms with van der Waals surface area (Å²) in [7, 11) is 0. The zero-order valence-electron chi connectivity index (χ0n) is 12.8. The number of esters is 1. The van der Waals surface area contributed by atoms with Crippen LogP contribution in [0.15, 0.2) is 24.3 Å². The number of halogens is 2. The van der Waals surface area contributed by atoms with Crippen LogP contribution < -0.4 is 0 Å². The molecular weight excluding hydrogens is 335 g/mol. The minimum Gasteiger partial charge on any atom is -0.462 e. The third-order valence-electron chi connectivity index (χ3n) is 4.31. The molecule has 122 valence electrons. The van der Waals surface area contributed by atoms with Crippen LogP contribution in [0.4, 0.5) is 0 Å². The van der Waals surface area contributed by atoms with Gasteiger partial charge in [-0.15, -0.1) is 0 Å². The quantitative estimate of drug-likeness (QED) is 0.829. The predicted molar refractivity (Wildman–Crippen MR) is 92.1 cm³/mol. The third-order valence-corrected chi connectivity index (χ3v) is 4.89. The summed E-state index contributed by atoms with van der Waals surface area (Å²) in [4.78, 5) is 11.4. The van der Waals surface area contributed by atoms with E-state index >= 15 is 0 Å². The van der Waals surface area contributed by atoms with Crippen molar-refractivity contribution < 1.29 is 14.6 Å². The largest absolute Gasteiger partial charge is 0.462 e. The van der Waals surface area contributed by atoms with Crippen LogP contribution in [-0.4, -0.2) is 23.3 Å². The number of fused-ring (bicyclic) bond motifs is 1. The average Bonchev–Trinajstić information content (AvgIpc) is 2.45. The van der Waals surface area contributed by atoms with Crippen molar-refractivity contribution >= 4 is 39.9 Å². The molecule has 5 heteroatoms. The van der Waals surface area contributed by atoms with Gasteiger partial charge >= 0.3 is 5.97 Å². The minimum absolute atomic E-state index is 0.0837. The summed E-state index contributed by atoms with van der Waals surface area (Å²) in [5.41, 5.74) is 2.11.